The summed E-state index contributed by atoms with van der Waals surface area (Å²) >= 11 is 0. The van der Waals surface area contributed by atoms with E-state index >= 15 is 0 Å². The minimum Gasteiger partial charge on any atom is -0.394 e. The Morgan fingerprint density at radius 2 is 1.83 bits per heavy atom. The van der Waals surface area contributed by atoms with Gasteiger partial charge in [-0.3, -0.25) is 4.57 Å². The van der Waals surface area contributed by atoms with Gasteiger partial charge in [-0.15, -0.1) is 0 Å². The lowest BCUT2D eigenvalue weighted by atomic mass is 10.1. The SMILES string of the molecule is NS(=O)(=O)c1ccc(NC(=O)NC2CCN(c3nc(N[C@H](CO)Cc4ccccc4)c4ncn([C@@H]5O[C@H](c6cc(CO)no6)[C@@H](O)[C@H]5O)c4n3)C2)cc1. The van der Waals surface area contributed by atoms with Crippen LogP contribution in [0.2, 0.25) is 0 Å². The Labute approximate surface area is 302 Å². The average Bonchev–Trinajstić information content (AvgIpc) is 3.96. The summed E-state index contributed by atoms with van der Waals surface area (Å²) < 4.78 is 35.9. The number of ether oxygens (including phenoxy) is 1. The Morgan fingerprint density at radius 3 is 2.53 bits per heavy atom. The van der Waals surface area contributed by atoms with E-state index in [-0.39, 0.29) is 47.2 Å². The molecule has 20 heteroatoms. The first kappa shape index (κ1) is 36.2. The number of aliphatic hydroxyl groups excluding tert-OH is 4. The molecule has 0 bridgehead atoms. The highest BCUT2D eigenvalue weighted by atomic mass is 32.2. The molecule has 5 heterocycles. The van der Waals surface area contributed by atoms with Crippen molar-refractivity contribution < 1.29 is 42.9 Å². The Kier molecular flexibility index (Phi) is 10.2. The van der Waals surface area contributed by atoms with E-state index in [9.17, 15) is 33.6 Å². The minimum atomic E-state index is -3.87. The number of hydrogen-bond acceptors (Lipinski definition) is 15. The number of sulfonamides is 1. The number of primary sulfonamides is 1. The summed E-state index contributed by atoms with van der Waals surface area (Å²) in [5, 5.41) is 59.6. The van der Waals surface area contributed by atoms with Gasteiger partial charge in [0.1, 0.15) is 24.0 Å². The van der Waals surface area contributed by atoms with Crippen LogP contribution in [0, 0.1) is 0 Å². The average molecular weight is 751 g/mol. The fourth-order valence-corrected chi connectivity index (χ4v) is 6.90. The summed E-state index contributed by atoms with van der Waals surface area (Å²) in [5.41, 5.74) is 2.17. The number of nitrogens with zero attached hydrogens (tertiary/aromatic N) is 6. The zero-order valence-electron chi connectivity index (χ0n) is 28.1. The van der Waals surface area contributed by atoms with E-state index in [2.05, 4.69) is 26.1 Å². The Balaban J connectivity index is 1.14. The molecule has 19 nitrogen and oxygen atoms in total. The number of nitrogens with one attached hydrogen (secondary N) is 3. The fraction of sp³-hybridized carbons (Fsp3) is 0.364. The lowest BCUT2D eigenvalue weighted by Gasteiger charge is -2.22. The van der Waals surface area contributed by atoms with E-state index in [0.717, 1.165) is 5.56 Å². The number of benzene rings is 2. The Bertz CT molecular complexity index is 2170. The van der Waals surface area contributed by atoms with Gasteiger partial charge in [0.2, 0.25) is 16.0 Å². The molecular formula is C33H38N10O9S. The molecule has 3 aromatic heterocycles. The summed E-state index contributed by atoms with van der Waals surface area (Å²) in [4.78, 5) is 28.8. The predicted molar refractivity (Wildman–Crippen MR) is 188 cm³/mol. The number of aliphatic hydroxyl groups is 4. The molecule has 2 amide bonds. The molecule has 2 fully saturated rings. The monoisotopic (exact) mass is 750 g/mol. The third kappa shape index (κ3) is 7.78. The predicted octanol–water partition coefficient (Wildman–Crippen LogP) is 0.362. The second-order valence-corrected chi connectivity index (χ2v) is 14.4. The highest BCUT2D eigenvalue weighted by molar-refractivity contribution is 7.89. The van der Waals surface area contributed by atoms with Crippen LogP contribution >= 0.6 is 0 Å². The van der Waals surface area contributed by atoms with Gasteiger partial charge in [-0.05, 0) is 42.7 Å². The first-order valence-corrected chi connectivity index (χ1v) is 18.2. The highest BCUT2D eigenvalue weighted by Crippen LogP contribution is 2.40. The maximum atomic E-state index is 12.8. The lowest BCUT2D eigenvalue weighted by molar-refractivity contribution is -0.0434. The zero-order valence-corrected chi connectivity index (χ0v) is 28.9. The van der Waals surface area contributed by atoms with E-state index < -0.39 is 46.6 Å². The van der Waals surface area contributed by atoms with E-state index in [4.69, 9.17) is 24.4 Å². The number of fused-ring (bicyclic) bond motifs is 1. The van der Waals surface area contributed by atoms with Crippen LogP contribution in [0.25, 0.3) is 11.2 Å². The molecule has 1 unspecified atom stereocenters. The van der Waals surface area contributed by atoms with Gasteiger partial charge in [0.15, 0.2) is 29.0 Å². The molecule has 0 spiro atoms. The van der Waals surface area contributed by atoms with Gasteiger partial charge in [0.05, 0.1) is 30.5 Å². The molecule has 2 aromatic carbocycles. The number of anilines is 3. The van der Waals surface area contributed by atoms with Crippen LogP contribution in [0.5, 0.6) is 0 Å². The smallest absolute Gasteiger partial charge is 0.319 e. The van der Waals surface area contributed by atoms with Gasteiger partial charge in [-0.2, -0.15) is 9.97 Å². The number of imidazole rings is 1. The number of rotatable bonds is 12. The van der Waals surface area contributed by atoms with Crippen molar-refractivity contribution in [1.29, 1.82) is 0 Å². The van der Waals surface area contributed by atoms with Crippen molar-refractivity contribution in [2.24, 2.45) is 5.14 Å². The number of aromatic nitrogens is 5. The molecule has 53 heavy (non-hydrogen) atoms. The van der Waals surface area contributed by atoms with Crippen LogP contribution in [0.4, 0.5) is 22.2 Å². The third-order valence-electron chi connectivity index (χ3n) is 9.07. The number of amides is 2. The molecule has 2 saturated heterocycles. The van der Waals surface area contributed by atoms with E-state index in [0.29, 0.717) is 43.0 Å². The highest BCUT2D eigenvalue weighted by Gasteiger charge is 2.47. The van der Waals surface area contributed by atoms with Crippen molar-refractivity contribution in [1.82, 2.24) is 30.0 Å². The second-order valence-electron chi connectivity index (χ2n) is 12.8. The number of hydrogen-bond donors (Lipinski definition) is 8. The molecule has 0 radical (unpaired) electrons. The summed E-state index contributed by atoms with van der Waals surface area (Å²) in [5.74, 6) is 0.703. The van der Waals surface area contributed by atoms with Crippen molar-refractivity contribution in [3.05, 3.63) is 84.0 Å². The Hall–Kier alpha value is -5.22. The summed E-state index contributed by atoms with van der Waals surface area (Å²) in [6.07, 6.45) is -2.69. The molecule has 5 aromatic rings. The quantitative estimate of drug-likeness (QED) is 0.0855. The van der Waals surface area contributed by atoms with E-state index in [1.807, 2.05) is 35.2 Å². The lowest BCUT2D eigenvalue weighted by Crippen LogP contribution is -2.40. The first-order chi connectivity index (χ1) is 25.5. The first-order valence-electron chi connectivity index (χ1n) is 16.7. The van der Waals surface area contributed by atoms with Crippen LogP contribution < -0.4 is 26.0 Å². The molecule has 0 aliphatic carbocycles. The van der Waals surface area contributed by atoms with Gasteiger partial charge in [-0.25, -0.2) is 23.3 Å². The number of carbonyl (C=O) groups excluding carboxylic acids is 1. The van der Waals surface area contributed by atoms with Crippen LogP contribution in [0.3, 0.4) is 0 Å². The second kappa shape index (κ2) is 15.0. The maximum Gasteiger partial charge on any atom is 0.319 e. The van der Waals surface area contributed by atoms with Gasteiger partial charge in [-0.1, -0.05) is 35.5 Å². The summed E-state index contributed by atoms with van der Waals surface area (Å²) in [7, 11) is -3.87. The van der Waals surface area contributed by atoms with Gasteiger partial charge >= 0.3 is 6.03 Å². The van der Waals surface area contributed by atoms with Crippen molar-refractivity contribution >= 4 is 44.7 Å². The number of nitrogens with two attached hydrogens (primary N) is 1. The number of carbonyl (C=O) groups is 1. The minimum absolute atomic E-state index is 0.0797. The zero-order chi connectivity index (χ0) is 37.3. The van der Waals surface area contributed by atoms with Crippen molar-refractivity contribution in [3.63, 3.8) is 0 Å². The normalized spacial score (nSPS) is 22.3. The molecule has 2 aliphatic rings. The summed E-state index contributed by atoms with van der Waals surface area (Å²) in [6, 6.07) is 15.2. The van der Waals surface area contributed by atoms with Gasteiger partial charge < -0.3 is 50.5 Å². The van der Waals surface area contributed by atoms with Gasteiger partial charge in [0, 0.05) is 30.9 Å². The fourth-order valence-electron chi connectivity index (χ4n) is 6.39. The molecular weight excluding hydrogens is 712 g/mol. The molecule has 9 N–H and O–H groups in total. The number of urea groups is 1. The third-order valence-corrected chi connectivity index (χ3v) is 10.0. The van der Waals surface area contributed by atoms with Crippen LogP contribution in [-0.4, -0.2) is 104 Å². The maximum absolute atomic E-state index is 12.8. The molecule has 280 valence electrons. The molecule has 6 atom stereocenters. The molecule has 2 aliphatic heterocycles. The van der Waals surface area contributed by atoms with E-state index in [1.54, 1.807) is 0 Å². The van der Waals surface area contributed by atoms with Crippen LogP contribution in [0.15, 0.2) is 76.4 Å². The standard InChI is InChI=1S/C33H38N10O9S/c34-53(49,50)23-8-6-19(7-9-23)37-33(48)38-20-10-11-42(14-20)32-39-29(36-21(15-44)12-18-4-2-1-3-5-18)25-30(40-32)43(17-35-25)31-27(47)26(46)28(51-31)24-13-22(16-45)41-52-24/h1-9,13,17,20-21,26-28,31,44-47H,10-12,14-16H2,(H2,34,49,50)(H,36,39,40)(H2,37,38,48)/t20?,21-,26-,27+,28+,31+/m0/s1. The van der Waals surface area contributed by atoms with Crippen LogP contribution in [-0.2, 0) is 27.8 Å². The van der Waals surface area contributed by atoms with Crippen molar-refractivity contribution in [2.75, 3.05) is 35.2 Å². The molecule has 0 saturated carbocycles. The summed E-state index contributed by atoms with van der Waals surface area (Å²) in [6.45, 7) is 0.181. The van der Waals surface area contributed by atoms with Crippen LogP contribution in [0.1, 0.15) is 35.8 Å². The van der Waals surface area contributed by atoms with Crippen molar-refractivity contribution in [3.8, 4) is 0 Å². The van der Waals surface area contributed by atoms with Crippen molar-refractivity contribution in [2.45, 2.75) is 61.0 Å². The Morgan fingerprint density at radius 1 is 1.06 bits per heavy atom. The van der Waals surface area contributed by atoms with E-state index in [1.165, 1.54) is 41.2 Å². The molecule has 7 rings (SSSR count). The van der Waals surface area contributed by atoms with Gasteiger partial charge in [0.25, 0.3) is 0 Å². The topological polar surface area (TPSA) is 276 Å². The largest absolute Gasteiger partial charge is 0.394 e.